The molecule has 0 aromatic carbocycles. The monoisotopic (exact) mass is 259 g/mol. The molecule has 5 rings (SSSR count). The normalized spacial score (nSPS) is 51.5. The molecule has 1 aromatic heterocycles. The number of hydrogen-bond donors (Lipinski definition) is 1. The first-order chi connectivity index (χ1) is 9.02. The molecule has 0 unspecified atom stereocenters. The van der Waals surface area contributed by atoms with Gasteiger partial charge in [-0.1, -0.05) is 19.9 Å². The van der Waals surface area contributed by atoms with Crippen molar-refractivity contribution in [2.45, 2.75) is 26.1 Å². The Morgan fingerprint density at radius 3 is 2.21 bits per heavy atom. The summed E-state index contributed by atoms with van der Waals surface area (Å²) in [4.78, 5) is 9.31. The Labute approximate surface area is 114 Å². The van der Waals surface area contributed by atoms with E-state index < -0.39 is 0 Å². The van der Waals surface area contributed by atoms with Gasteiger partial charge >= 0.3 is 0 Å². The molecule has 4 saturated heterocycles. The van der Waals surface area contributed by atoms with Gasteiger partial charge in [-0.15, -0.1) is 0 Å². The predicted octanol–water partition coefficient (Wildman–Crippen LogP) is 1.10. The molecule has 102 valence electrons. The summed E-state index contributed by atoms with van der Waals surface area (Å²) >= 11 is 0. The number of hydrogen-bond acceptors (Lipinski definition) is 4. The minimum Gasteiger partial charge on any atom is -0.392 e. The number of aliphatic hydroxyl groups is 1. The summed E-state index contributed by atoms with van der Waals surface area (Å²) in [6.45, 7) is 8.40. The maximum absolute atomic E-state index is 10.6. The van der Waals surface area contributed by atoms with Crippen LogP contribution in [0.15, 0.2) is 24.5 Å². The van der Waals surface area contributed by atoms with Gasteiger partial charge in [0, 0.05) is 55.0 Å². The molecule has 4 heteroatoms. The van der Waals surface area contributed by atoms with Crippen LogP contribution >= 0.6 is 0 Å². The first-order valence-electron chi connectivity index (χ1n) is 7.08. The first kappa shape index (κ1) is 11.8. The lowest BCUT2D eigenvalue weighted by molar-refractivity contribution is -0.253. The van der Waals surface area contributed by atoms with Crippen molar-refractivity contribution >= 4 is 0 Å². The lowest BCUT2D eigenvalue weighted by Gasteiger charge is -2.68. The topological polar surface area (TPSA) is 39.6 Å². The fourth-order valence-corrected chi connectivity index (χ4v) is 4.78. The fraction of sp³-hybridized carbons (Fsp3) is 0.667. The zero-order valence-corrected chi connectivity index (χ0v) is 11.6. The smallest absolute Gasteiger partial charge is 0.0902 e. The van der Waals surface area contributed by atoms with E-state index in [0.29, 0.717) is 6.17 Å². The molecular weight excluding hydrogens is 238 g/mol. The van der Waals surface area contributed by atoms with Gasteiger partial charge in [0.2, 0.25) is 0 Å². The third kappa shape index (κ3) is 1.48. The Morgan fingerprint density at radius 2 is 1.74 bits per heavy atom. The van der Waals surface area contributed by atoms with E-state index in [1.54, 1.807) is 0 Å². The average Bonchev–Trinajstić information content (AvgIpc) is 2.36. The molecule has 0 spiro atoms. The molecular formula is C15H21N3O. The number of aromatic nitrogens is 1. The Hall–Kier alpha value is -0.970. The molecule has 0 aliphatic carbocycles. The maximum atomic E-state index is 10.6. The quantitative estimate of drug-likeness (QED) is 0.820. The molecule has 5 heterocycles. The van der Waals surface area contributed by atoms with Crippen LogP contribution in [0.1, 0.15) is 25.6 Å². The SMILES string of the molecule is CC12CN3CC(C)(CN(C1)C3c1cccnc1)C2O. The van der Waals surface area contributed by atoms with Crippen LogP contribution in [0, 0.1) is 10.8 Å². The van der Waals surface area contributed by atoms with Gasteiger partial charge in [-0.05, 0) is 6.07 Å². The molecule has 4 aliphatic heterocycles. The van der Waals surface area contributed by atoms with E-state index in [1.165, 1.54) is 5.56 Å². The zero-order valence-electron chi connectivity index (χ0n) is 11.6. The summed E-state index contributed by atoms with van der Waals surface area (Å²) in [7, 11) is 0. The minimum atomic E-state index is -0.178. The maximum Gasteiger partial charge on any atom is 0.0902 e. The van der Waals surface area contributed by atoms with Crippen LogP contribution in [0.5, 0.6) is 0 Å². The van der Waals surface area contributed by atoms with E-state index in [9.17, 15) is 5.11 Å². The van der Waals surface area contributed by atoms with Crippen LogP contribution in [0.3, 0.4) is 0 Å². The van der Waals surface area contributed by atoms with Crippen molar-refractivity contribution in [3.8, 4) is 0 Å². The highest BCUT2D eigenvalue weighted by molar-refractivity contribution is 5.21. The third-order valence-electron chi connectivity index (χ3n) is 5.25. The van der Waals surface area contributed by atoms with Crippen molar-refractivity contribution in [2.24, 2.45) is 10.8 Å². The summed E-state index contributed by atoms with van der Waals surface area (Å²) in [5.41, 5.74) is 1.32. The highest BCUT2D eigenvalue weighted by Crippen LogP contribution is 2.54. The predicted molar refractivity (Wildman–Crippen MR) is 72.3 cm³/mol. The van der Waals surface area contributed by atoms with Crippen LogP contribution in [0.2, 0.25) is 0 Å². The second kappa shape index (κ2) is 3.57. The summed E-state index contributed by atoms with van der Waals surface area (Å²) in [5.74, 6) is 0. The fourth-order valence-electron chi connectivity index (χ4n) is 4.78. The van der Waals surface area contributed by atoms with Gasteiger partial charge in [-0.3, -0.25) is 14.8 Å². The molecule has 1 N–H and O–H groups in total. The lowest BCUT2D eigenvalue weighted by Crippen LogP contribution is -2.76. The summed E-state index contributed by atoms with van der Waals surface area (Å²) in [6, 6.07) is 4.18. The van der Waals surface area contributed by atoms with Crippen molar-refractivity contribution in [2.75, 3.05) is 26.2 Å². The van der Waals surface area contributed by atoms with Crippen molar-refractivity contribution < 1.29 is 5.11 Å². The average molecular weight is 259 g/mol. The van der Waals surface area contributed by atoms with Crippen molar-refractivity contribution in [3.05, 3.63) is 30.1 Å². The molecule has 4 aliphatic rings. The highest BCUT2D eigenvalue weighted by Gasteiger charge is 2.61. The van der Waals surface area contributed by atoms with Crippen LogP contribution in [-0.2, 0) is 0 Å². The highest BCUT2D eigenvalue weighted by atomic mass is 16.3. The van der Waals surface area contributed by atoms with Crippen molar-refractivity contribution in [3.63, 3.8) is 0 Å². The molecule has 4 fully saturated rings. The van der Waals surface area contributed by atoms with Gasteiger partial charge in [0.05, 0.1) is 12.3 Å². The lowest BCUT2D eigenvalue weighted by atomic mass is 9.60. The second-order valence-corrected chi connectivity index (χ2v) is 7.18. The van der Waals surface area contributed by atoms with Gasteiger partial charge in [-0.25, -0.2) is 0 Å². The van der Waals surface area contributed by atoms with Crippen molar-refractivity contribution in [1.29, 1.82) is 0 Å². The molecule has 4 bridgehead atoms. The number of nitrogens with zero attached hydrogens (tertiary/aromatic N) is 3. The Balaban J connectivity index is 1.74. The third-order valence-corrected chi connectivity index (χ3v) is 5.25. The van der Waals surface area contributed by atoms with Gasteiger partial charge in [0.1, 0.15) is 0 Å². The standard InChI is InChI=1S/C15H21N3O/c1-14-7-17-9-15(2,13(14)19)10-18(8-14)12(17)11-4-3-5-16-6-11/h3-6,12-13,19H,7-10H2,1-2H3. The van der Waals surface area contributed by atoms with E-state index in [-0.39, 0.29) is 16.9 Å². The Morgan fingerprint density at radius 1 is 1.16 bits per heavy atom. The van der Waals surface area contributed by atoms with Gasteiger partial charge in [0.15, 0.2) is 0 Å². The van der Waals surface area contributed by atoms with E-state index >= 15 is 0 Å². The van der Waals surface area contributed by atoms with Crippen LogP contribution < -0.4 is 0 Å². The van der Waals surface area contributed by atoms with Gasteiger partial charge in [0.25, 0.3) is 0 Å². The number of piperidine rings is 2. The van der Waals surface area contributed by atoms with E-state index in [0.717, 1.165) is 26.2 Å². The van der Waals surface area contributed by atoms with Crippen molar-refractivity contribution in [1.82, 2.24) is 14.8 Å². The molecule has 0 radical (unpaired) electrons. The zero-order chi connectivity index (χ0) is 13.3. The summed E-state index contributed by atoms with van der Waals surface area (Å²) in [6.07, 6.45) is 3.98. The summed E-state index contributed by atoms with van der Waals surface area (Å²) in [5, 5.41) is 10.6. The van der Waals surface area contributed by atoms with Gasteiger partial charge in [-0.2, -0.15) is 0 Å². The number of rotatable bonds is 1. The Kier molecular flexibility index (Phi) is 2.22. The Bertz CT molecular complexity index is 465. The first-order valence-corrected chi connectivity index (χ1v) is 7.08. The van der Waals surface area contributed by atoms with Crippen LogP contribution in [0.4, 0.5) is 0 Å². The minimum absolute atomic E-state index is 0.0178. The van der Waals surface area contributed by atoms with Gasteiger partial charge < -0.3 is 5.11 Å². The van der Waals surface area contributed by atoms with E-state index in [4.69, 9.17) is 0 Å². The second-order valence-electron chi connectivity index (χ2n) is 7.18. The molecule has 0 atom stereocenters. The van der Waals surface area contributed by atoms with Crippen LogP contribution in [0.25, 0.3) is 0 Å². The molecule has 4 nitrogen and oxygen atoms in total. The molecule has 0 amide bonds. The molecule has 1 aromatic rings. The molecule has 19 heavy (non-hydrogen) atoms. The number of aliphatic hydroxyl groups excluding tert-OH is 1. The van der Waals surface area contributed by atoms with E-state index in [2.05, 4.69) is 34.7 Å². The molecule has 0 saturated carbocycles. The van der Waals surface area contributed by atoms with E-state index in [1.807, 2.05) is 18.5 Å². The summed E-state index contributed by atoms with van der Waals surface area (Å²) < 4.78 is 0. The number of pyridine rings is 1. The largest absolute Gasteiger partial charge is 0.392 e. The van der Waals surface area contributed by atoms with Crippen LogP contribution in [-0.4, -0.2) is 52.2 Å².